The number of aryl methyl sites for hydroxylation is 1. The fourth-order valence-electron chi connectivity index (χ4n) is 2.62. The third-order valence-electron chi connectivity index (χ3n) is 3.97. The number of nitrogens with one attached hydrogen (secondary N) is 1. The molecule has 1 N–H and O–H groups in total. The fraction of sp³-hybridized carbons (Fsp3) is 0.300. The van der Waals surface area contributed by atoms with Crippen LogP contribution in [0.5, 0.6) is 0 Å². The summed E-state index contributed by atoms with van der Waals surface area (Å²) in [5, 5.41) is 3.51. The van der Waals surface area contributed by atoms with Gasteiger partial charge in [-0.05, 0) is 30.2 Å². The van der Waals surface area contributed by atoms with Crippen molar-refractivity contribution in [2.24, 2.45) is 0 Å². The summed E-state index contributed by atoms with van der Waals surface area (Å²) in [5.74, 6) is -0.199. The van der Waals surface area contributed by atoms with Crippen molar-refractivity contribution in [2.45, 2.75) is 32.9 Å². The first-order chi connectivity index (χ1) is 11.8. The number of rotatable bonds is 6. The maximum absolute atomic E-state index is 12.6. The van der Waals surface area contributed by atoms with E-state index in [4.69, 9.17) is 11.6 Å². The van der Waals surface area contributed by atoms with Gasteiger partial charge in [-0.2, -0.15) is 0 Å². The minimum absolute atomic E-state index is 0.0423. The first-order valence-corrected chi connectivity index (χ1v) is 8.55. The number of carbonyl (C=O) groups is 2. The van der Waals surface area contributed by atoms with Gasteiger partial charge in [0.15, 0.2) is 0 Å². The molecule has 0 aromatic heterocycles. The van der Waals surface area contributed by atoms with Crippen molar-refractivity contribution in [3.05, 3.63) is 70.2 Å². The van der Waals surface area contributed by atoms with Gasteiger partial charge in [-0.15, -0.1) is 0 Å². The average Bonchev–Trinajstić information content (AvgIpc) is 2.54. The molecular formula is C20H23ClN2O2. The number of carbonyl (C=O) groups excluding carboxylic acids is 2. The van der Waals surface area contributed by atoms with Gasteiger partial charge in [0.2, 0.25) is 11.8 Å². The molecule has 0 aliphatic carbocycles. The molecule has 0 radical (unpaired) electrons. The molecule has 0 aliphatic rings. The monoisotopic (exact) mass is 358 g/mol. The number of hydrogen-bond acceptors (Lipinski definition) is 2. The molecule has 0 bridgehead atoms. The molecule has 5 heteroatoms. The van der Waals surface area contributed by atoms with Crippen molar-refractivity contribution in [2.75, 3.05) is 7.05 Å². The van der Waals surface area contributed by atoms with E-state index in [1.165, 1.54) is 6.92 Å². The predicted molar refractivity (Wildman–Crippen MR) is 100 cm³/mol. The van der Waals surface area contributed by atoms with Gasteiger partial charge >= 0.3 is 0 Å². The van der Waals surface area contributed by atoms with E-state index >= 15 is 0 Å². The smallest absolute Gasteiger partial charge is 0.225 e. The van der Waals surface area contributed by atoms with Gasteiger partial charge in [-0.25, -0.2) is 0 Å². The highest BCUT2D eigenvalue weighted by molar-refractivity contribution is 6.30. The molecule has 1 unspecified atom stereocenters. The molecule has 0 fully saturated rings. The molecular weight excluding hydrogens is 336 g/mol. The van der Waals surface area contributed by atoms with E-state index in [1.807, 2.05) is 49.4 Å². The lowest BCUT2D eigenvalue weighted by atomic mass is 10.0. The number of amides is 2. The van der Waals surface area contributed by atoms with Gasteiger partial charge in [0.25, 0.3) is 0 Å². The van der Waals surface area contributed by atoms with Crippen LogP contribution >= 0.6 is 11.6 Å². The molecule has 2 amide bonds. The maximum atomic E-state index is 12.6. The van der Waals surface area contributed by atoms with E-state index in [0.717, 1.165) is 16.7 Å². The topological polar surface area (TPSA) is 49.4 Å². The number of halogens is 1. The predicted octanol–water partition coefficient (Wildman–Crippen LogP) is 3.87. The quantitative estimate of drug-likeness (QED) is 0.852. The molecule has 4 nitrogen and oxygen atoms in total. The molecule has 0 spiro atoms. The van der Waals surface area contributed by atoms with Crippen LogP contribution in [0.25, 0.3) is 0 Å². The van der Waals surface area contributed by atoms with Crippen LogP contribution in [0.4, 0.5) is 0 Å². The van der Waals surface area contributed by atoms with Crippen molar-refractivity contribution >= 4 is 23.4 Å². The van der Waals surface area contributed by atoms with E-state index in [1.54, 1.807) is 18.0 Å². The lowest BCUT2D eigenvalue weighted by Crippen LogP contribution is -2.33. The van der Waals surface area contributed by atoms with Crippen LogP contribution in [0.15, 0.2) is 48.5 Å². The van der Waals surface area contributed by atoms with Crippen molar-refractivity contribution in [1.29, 1.82) is 0 Å². The van der Waals surface area contributed by atoms with Crippen LogP contribution in [0.3, 0.4) is 0 Å². The summed E-state index contributed by atoms with van der Waals surface area (Å²) in [7, 11) is 1.75. The second-order valence-corrected chi connectivity index (χ2v) is 6.68. The van der Waals surface area contributed by atoms with E-state index in [9.17, 15) is 9.59 Å². The minimum Gasteiger partial charge on any atom is -0.349 e. The van der Waals surface area contributed by atoms with Gasteiger partial charge in [0.1, 0.15) is 0 Å². The Kier molecular flexibility index (Phi) is 6.59. The third kappa shape index (κ3) is 5.91. The van der Waals surface area contributed by atoms with Gasteiger partial charge in [0, 0.05) is 25.5 Å². The molecule has 0 heterocycles. The molecule has 25 heavy (non-hydrogen) atoms. The Morgan fingerprint density at radius 3 is 2.44 bits per heavy atom. The number of hydrogen-bond donors (Lipinski definition) is 1. The Morgan fingerprint density at radius 1 is 1.16 bits per heavy atom. The Balaban J connectivity index is 2.07. The fourth-order valence-corrected chi connectivity index (χ4v) is 2.84. The summed E-state index contributed by atoms with van der Waals surface area (Å²) < 4.78 is 0. The van der Waals surface area contributed by atoms with E-state index in [0.29, 0.717) is 11.6 Å². The van der Waals surface area contributed by atoms with Crippen molar-refractivity contribution in [3.63, 3.8) is 0 Å². The SMILES string of the molecule is CC(=O)NC(CC(=O)N(C)Cc1cccc(Cl)c1)c1ccc(C)cc1. The van der Waals surface area contributed by atoms with Crippen LogP contribution in [0, 0.1) is 6.92 Å². The molecule has 0 saturated carbocycles. The summed E-state index contributed by atoms with van der Waals surface area (Å²) in [5.41, 5.74) is 3.02. The van der Waals surface area contributed by atoms with Gasteiger partial charge < -0.3 is 10.2 Å². The van der Waals surface area contributed by atoms with E-state index in [-0.39, 0.29) is 24.3 Å². The standard InChI is InChI=1S/C20H23ClN2O2/c1-14-7-9-17(10-8-14)19(22-15(2)24)12-20(25)23(3)13-16-5-4-6-18(21)11-16/h4-11,19H,12-13H2,1-3H3,(H,22,24). The highest BCUT2D eigenvalue weighted by Gasteiger charge is 2.19. The lowest BCUT2D eigenvalue weighted by Gasteiger charge is -2.23. The van der Waals surface area contributed by atoms with Crippen molar-refractivity contribution in [1.82, 2.24) is 10.2 Å². The molecule has 2 aromatic carbocycles. The Morgan fingerprint density at radius 2 is 1.84 bits per heavy atom. The molecule has 2 rings (SSSR count). The minimum atomic E-state index is -0.340. The molecule has 1 atom stereocenters. The average molecular weight is 359 g/mol. The van der Waals surface area contributed by atoms with Crippen LogP contribution in [-0.4, -0.2) is 23.8 Å². The zero-order chi connectivity index (χ0) is 18.4. The number of benzene rings is 2. The molecule has 132 valence electrons. The highest BCUT2D eigenvalue weighted by Crippen LogP contribution is 2.20. The lowest BCUT2D eigenvalue weighted by molar-refractivity contribution is -0.131. The Labute approximate surface area is 153 Å². The number of nitrogens with zero attached hydrogens (tertiary/aromatic N) is 1. The second-order valence-electron chi connectivity index (χ2n) is 6.25. The zero-order valence-electron chi connectivity index (χ0n) is 14.8. The van der Waals surface area contributed by atoms with Gasteiger partial charge in [0.05, 0.1) is 12.5 Å². The summed E-state index contributed by atoms with van der Waals surface area (Å²) in [6, 6.07) is 14.9. The zero-order valence-corrected chi connectivity index (χ0v) is 15.5. The summed E-state index contributed by atoms with van der Waals surface area (Å²) >= 11 is 5.99. The van der Waals surface area contributed by atoms with Crippen LogP contribution in [0.2, 0.25) is 5.02 Å². The summed E-state index contributed by atoms with van der Waals surface area (Å²) in [6.45, 7) is 3.93. The molecule has 0 saturated heterocycles. The summed E-state index contributed by atoms with van der Waals surface area (Å²) in [4.78, 5) is 25.8. The highest BCUT2D eigenvalue weighted by atomic mass is 35.5. The normalized spacial score (nSPS) is 11.7. The van der Waals surface area contributed by atoms with Crippen LogP contribution in [0.1, 0.15) is 36.1 Å². The second kappa shape index (κ2) is 8.67. The van der Waals surface area contributed by atoms with Crippen molar-refractivity contribution in [3.8, 4) is 0 Å². The summed E-state index contributed by atoms with van der Waals surface area (Å²) in [6.07, 6.45) is 0.208. The van der Waals surface area contributed by atoms with Gasteiger partial charge in [-0.1, -0.05) is 53.6 Å². The van der Waals surface area contributed by atoms with Crippen molar-refractivity contribution < 1.29 is 9.59 Å². The largest absolute Gasteiger partial charge is 0.349 e. The third-order valence-corrected chi connectivity index (χ3v) is 4.21. The molecule has 2 aromatic rings. The van der Waals surface area contributed by atoms with E-state index < -0.39 is 0 Å². The van der Waals surface area contributed by atoms with Crippen LogP contribution < -0.4 is 5.32 Å². The van der Waals surface area contributed by atoms with Crippen LogP contribution in [-0.2, 0) is 16.1 Å². The Hall–Kier alpha value is -2.33. The first-order valence-electron chi connectivity index (χ1n) is 8.17. The molecule has 0 aliphatic heterocycles. The van der Waals surface area contributed by atoms with Gasteiger partial charge in [-0.3, -0.25) is 9.59 Å². The Bertz CT molecular complexity index is 744. The first kappa shape index (κ1) is 19.0. The maximum Gasteiger partial charge on any atom is 0.225 e. The van der Waals surface area contributed by atoms with E-state index in [2.05, 4.69) is 5.32 Å².